The number of methoxy groups -OCH3 is 2. The quantitative estimate of drug-likeness (QED) is 0.260. The number of nitrogens with zero attached hydrogens (tertiary/aromatic N) is 8. The van der Waals surface area contributed by atoms with Gasteiger partial charge in [0.2, 0.25) is 5.88 Å². The van der Waals surface area contributed by atoms with E-state index >= 15 is 0 Å². The van der Waals surface area contributed by atoms with Crippen LogP contribution in [0, 0.1) is 23.2 Å². The highest BCUT2D eigenvalue weighted by Gasteiger charge is 2.45. The molecule has 0 radical (unpaired) electrons. The number of hydrogen-bond acceptors (Lipinski definition) is 10. The number of aromatic nitrogens is 4. The molecule has 11 nitrogen and oxygen atoms in total. The Bertz CT molecular complexity index is 1710. The van der Waals surface area contributed by atoms with Crippen LogP contribution in [-0.2, 0) is 11.3 Å². The van der Waals surface area contributed by atoms with Crippen LogP contribution in [0.2, 0.25) is 0 Å². The Morgan fingerprint density at radius 2 is 1.76 bits per heavy atom. The van der Waals surface area contributed by atoms with Crippen molar-refractivity contribution in [1.29, 1.82) is 5.26 Å². The van der Waals surface area contributed by atoms with Crippen LogP contribution in [0.15, 0.2) is 55.1 Å². The predicted molar refractivity (Wildman–Crippen MR) is 173 cm³/mol. The zero-order valence-corrected chi connectivity index (χ0v) is 26.5. The second-order valence-corrected chi connectivity index (χ2v) is 13.3. The van der Waals surface area contributed by atoms with Crippen molar-refractivity contribution in [3.05, 3.63) is 66.2 Å². The highest BCUT2D eigenvalue weighted by molar-refractivity contribution is 5.85. The number of hydrogen-bond donors (Lipinski definition) is 0. The van der Waals surface area contributed by atoms with Crippen molar-refractivity contribution in [2.45, 2.75) is 44.0 Å². The van der Waals surface area contributed by atoms with Crippen molar-refractivity contribution in [1.82, 2.24) is 29.4 Å². The number of pyridine rings is 3. The van der Waals surface area contributed by atoms with Gasteiger partial charge in [-0.25, -0.2) is 14.5 Å². The molecule has 9 rings (SSSR count). The van der Waals surface area contributed by atoms with Crippen LogP contribution in [0.5, 0.6) is 11.6 Å². The Morgan fingerprint density at radius 1 is 0.935 bits per heavy atom. The van der Waals surface area contributed by atoms with E-state index in [2.05, 4.69) is 55.1 Å². The maximum atomic E-state index is 9.86. The predicted octanol–water partition coefficient (Wildman–Crippen LogP) is 3.87. The number of nitriles is 1. The van der Waals surface area contributed by atoms with Gasteiger partial charge in [-0.05, 0) is 54.9 Å². The molecule has 4 atom stereocenters. The van der Waals surface area contributed by atoms with E-state index in [0.717, 1.165) is 86.9 Å². The zero-order valence-electron chi connectivity index (χ0n) is 26.5. The summed E-state index contributed by atoms with van der Waals surface area (Å²) >= 11 is 0. The topological polar surface area (TPSA) is 104 Å². The summed E-state index contributed by atoms with van der Waals surface area (Å²) in [7, 11) is 3.41. The summed E-state index contributed by atoms with van der Waals surface area (Å²) in [5.74, 6) is 3.75. The number of rotatable bonds is 10. The molecule has 0 N–H and O–H groups in total. The first-order valence-corrected chi connectivity index (χ1v) is 16.3. The molecular weight excluding hydrogens is 580 g/mol. The Hall–Kier alpha value is -4.24. The second-order valence-electron chi connectivity index (χ2n) is 13.3. The summed E-state index contributed by atoms with van der Waals surface area (Å²) in [5, 5.41) is 14.4. The number of piperazine rings is 1. The molecule has 0 aromatic carbocycles. The van der Waals surface area contributed by atoms with Gasteiger partial charge in [0.25, 0.3) is 0 Å². The van der Waals surface area contributed by atoms with Gasteiger partial charge in [-0.15, -0.1) is 0 Å². The molecule has 11 heteroatoms. The largest absolute Gasteiger partial charge is 0.489 e. The van der Waals surface area contributed by atoms with Crippen LogP contribution < -0.4 is 14.4 Å². The SMILES string of the molecule is COCCN1CC2CC(Oc3cc(-c4ccc(N5CC6CC(C5)N6Cc5ccc(OC)nc5)nc4)c4c(C#N)cnn4c3)CC2C1. The Kier molecular flexibility index (Phi) is 7.72. The monoisotopic (exact) mass is 620 g/mol. The van der Waals surface area contributed by atoms with Gasteiger partial charge >= 0.3 is 0 Å². The van der Waals surface area contributed by atoms with Gasteiger partial charge in [-0.2, -0.15) is 10.4 Å². The average Bonchev–Trinajstić information content (AvgIpc) is 3.79. The fourth-order valence-electron chi connectivity index (χ4n) is 8.20. The van der Waals surface area contributed by atoms with Crippen LogP contribution in [0.4, 0.5) is 5.82 Å². The lowest BCUT2D eigenvalue weighted by atomic mass is 9.87. The van der Waals surface area contributed by atoms with Gasteiger partial charge in [0.15, 0.2) is 0 Å². The van der Waals surface area contributed by atoms with Crippen molar-refractivity contribution >= 4 is 11.3 Å². The van der Waals surface area contributed by atoms with Crippen LogP contribution >= 0.6 is 0 Å². The third kappa shape index (κ3) is 5.44. The third-order valence-corrected chi connectivity index (χ3v) is 10.5. The minimum Gasteiger partial charge on any atom is -0.489 e. The molecular formula is C35H40N8O3. The van der Waals surface area contributed by atoms with Gasteiger partial charge in [0.1, 0.15) is 17.6 Å². The fraction of sp³-hybridized carbons (Fsp3) is 0.486. The van der Waals surface area contributed by atoms with Gasteiger partial charge < -0.3 is 24.0 Å². The molecule has 4 aromatic heterocycles. The van der Waals surface area contributed by atoms with E-state index in [-0.39, 0.29) is 6.10 Å². The zero-order chi connectivity index (χ0) is 31.2. The first-order valence-electron chi connectivity index (χ1n) is 16.3. The first kappa shape index (κ1) is 29.2. The van der Waals surface area contributed by atoms with E-state index in [9.17, 15) is 5.26 Å². The molecule has 5 fully saturated rings. The molecule has 4 saturated heterocycles. The average molecular weight is 621 g/mol. The van der Waals surface area contributed by atoms with Gasteiger partial charge in [0.05, 0.1) is 43.3 Å². The summed E-state index contributed by atoms with van der Waals surface area (Å²) in [6.45, 7) is 6.84. The molecule has 2 bridgehead atoms. The maximum absolute atomic E-state index is 9.86. The van der Waals surface area contributed by atoms with Crippen molar-refractivity contribution in [2.75, 3.05) is 58.5 Å². The molecule has 5 aliphatic rings. The lowest BCUT2D eigenvalue weighted by Crippen LogP contribution is -2.68. The molecule has 4 aromatic rings. The summed E-state index contributed by atoms with van der Waals surface area (Å²) in [6, 6.07) is 13.6. The van der Waals surface area contributed by atoms with E-state index in [1.807, 2.05) is 24.7 Å². The highest BCUT2D eigenvalue weighted by atomic mass is 16.5. The molecule has 0 spiro atoms. The molecule has 4 aliphatic heterocycles. The number of piperidine rings is 1. The minimum absolute atomic E-state index is 0.183. The lowest BCUT2D eigenvalue weighted by Gasteiger charge is -2.56. The van der Waals surface area contributed by atoms with Crippen molar-refractivity contribution < 1.29 is 14.2 Å². The smallest absolute Gasteiger partial charge is 0.212 e. The molecule has 4 unspecified atom stereocenters. The van der Waals surface area contributed by atoms with Gasteiger partial charge in [-0.3, -0.25) is 4.90 Å². The minimum atomic E-state index is 0.183. The lowest BCUT2D eigenvalue weighted by molar-refractivity contribution is -0.00876. The van der Waals surface area contributed by atoms with E-state index in [4.69, 9.17) is 19.2 Å². The standard InChI is InChI=1S/C35H40N8O3/c1-44-8-7-40-18-25-9-30(10-26(25)19-40)46-31-12-32(35-27(13-36)16-39-43(35)22-31)24-4-5-33(37-15-24)41-20-28-11-29(21-41)42(28)17-23-3-6-34(45-2)38-14-23/h3-6,12,14-16,22,25-26,28-30H,7-11,17-21H2,1-2H3. The Labute approximate surface area is 269 Å². The summed E-state index contributed by atoms with van der Waals surface area (Å²) in [5.41, 5.74) is 4.39. The molecule has 1 aliphatic carbocycles. The first-order chi connectivity index (χ1) is 22.6. The normalized spacial score (nSPS) is 25.8. The summed E-state index contributed by atoms with van der Waals surface area (Å²) < 4.78 is 18.9. The number of likely N-dealkylation sites (tertiary alicyclic amines) is 1. The van der Waals surface area contributed by atoms with E-state index in [1.165, 1.54) is 12.0 Å². The second kappa shape index (κ2) is 12.2. The fourth-order valence-corrected chi connectivity index (χ4v) is 8.20. The Morgan fingerprint density at radius 3 is 2.43 bits per heavy atom. The Balaban J connectivity index is 0.959. The molecule has 8 heterocycles. The van der Waals surface area contributed by atoms with Crippen molar-refractivity contribution in [3.63, 3.8) is 0 Å². The van der Waals surface area contributed by atoms with E-state index < -0.39 is 0 Å². The summed E-state index contributed by atoms with van der Waals surface area (Å²) in [4.78, 5) is 16.8. The van der Waals surface area contributed by atoms with Crippen molar-refractivity contribution in [3.8, 4) is 28.8 Å². The van der Waals surface area contributed by atoms with Gasteiger partial charge in [-0.1, -0.05) is 6.07 Å². The third-order valence-electron chi connectivity index (χ3n) is 10.5. The van der Waals surface area contributed by atoms with Gasteiger partial charge in [0, 0.05) is 88.0 Å². The number of ether oxygens (including phenoxy) is 3. The van der Waals surface area contributed by atoms with Crippen molar-refractivity contribution in [2.24, 2.45) is 11.8 Å². The highest BCUT2D eigenvalue weighted by Crippen LogP contribution is 2.41. The molecule has 238 valence electrons. The van der Waals surface area contributed by atoms with Crippen LogP contribution in [0.3, 0.4) is 0 Å². The van der Waals surface area contributed by atoms with Crippen LogP contribution in [0.1, 0.15) is 30.4 Å². The molecule has 1 saturated carbocycles. The van der Waals surface area contributed by atoms with E-state index in [1.54, 1.807) is 24.9 Å². The summed E-state index contributed by atoms with van der Waals surface area (Å²) in [6.07, 6.45) is 10.9. The van der Waals surface area contributed by atoms with E-state index in [0.29, 0.717) is 35.4 Å². The number of fused-ring (bicyclic) bond motifs is 4. The molecule has 46 heavy (non-hydrogen) atoms. The maximum Gasteiger partial charge on any atom is 0.212 e. The van der Waals surface area contributed by atoms with Crippen LogP contribution in [0.25, 0.3) is 16.6 Å². The van der Waals surface area contributed by atoms with Crippen LogP contribution in [-0.4, -0.2) is 101 Å². The molecule has 0 amide bonds. The number of anilines is 1.